The van der Waals surface area contributed by atoms with Gasteiger partial charge in [0, 0.05) is 33.1 Å². The van der Waals surface area contributed by atoms with Crippen LogP contribution in [0.15, 0.2) is 34.7 Å². The van der Waals surface area contributed by atoms with E-state index in [1.807, 2.05) is 4.90 Å². The molecule has 0 unspecified atom stereocenters. The summed E-state index contributed by atoms with van der Waals surface area (Å²) in [5, 5.41) is 11.6. The molecule has 1 aromatic heterocycles. The fraction of sp³-hybridized carbons (Fsp3) is 0.409. The number of cyclic esters (lactones) is 1. The third kappa shape index (κ3) is 5.25. The summed E-state index contributed by atoms with van der Waals surface area (Å²) >= 11 is 0. The lowest BCUT2D eigenvalue weighted by Gasteiger charge is -2.36. The van der Waals surface area contributed by atoms with Gasteiger partial charge >= 0.3 is 12.1 Å². The number of ether oxygens (including phenoxy) is 1. The van der Waals surface area contributed by atoms with Crippen LogP contribution in [0.2, 0.25) is 0 Å². The maximum Gasteiger partial charge on any atom is 0.414 e. The molecule has 2 N–H and O–H groups in total. The minimum absolute atomic E-state index is 0.0888. The summed E-state index contributed by atoms with van der Waals surface area (Å²) < 4.78 is 25.5. The van der Waals surface area contributed by atoms with Crippen molar-refractivity contribution >= 4 is 29.3 Å². The zero-order valence-electron chi connectivity index (χ0n) is 18.1. The highest BCUT2D eigenvalue weighted by atomic mass is 19.1. The second kappa shape index (κ2) is 9.49. The lowest BCUT2D eigenvalue weighted by molar-refractivity contribution is -0.119. The number of hydrogen-bond donors (Lipinski definition) is 2. The fourth-order valence-electron chi connectivity index (χ4n) is 3.96. The number of piperazine rings is 1. The fourth-order valence-corrected chi connectivity index (χ4v) is 3.96. The van der Waals surface area contributed by atoms with Crippen LogP contribution < -0.4 is 15.1 Å². The van der Waals surface area contributed by atoms with Gasteiger partial charge in [0.1, 0.15) is 17.7 Å². The summed E-state index contributed by atoms with van der Waals surface area (Å²) in [6.07, 6.45) is -1.06. The molecule has 1 atom stereocenters. The first kappa shape index (κ1) is 22.6. The second-order valence-corrected chi connectivity index (χ2v) is 8.02. The number of amides is 2. The lowest BCUT2D eigenvalue weighted by atomic mass is 10.2. The maximum atomic E-state index is 14.9. The van der Waals surface area contributed by atoms with Gasteiger partial charge in [0.25, 0.3) is 0 Å². The normalized spacial score (nSPS) is 19.0. The number of benzene rings is 1. The minimum Gasteiger partial charge on any atom is -0.475 e. The molecule has 4 rings (SSSR count). The van der Waals surface area contributed by atoms with Gasteiger partial charge in [-0.3, -0.25) is 14.6 Å². The Morgan fingerprint density at radius 2 is 1.94 bits per heavy atom. The third-order valence-corrected chi connectivity index (χ3v) is 5.66. The molecule has 0 aliphatic carbocycles. The standard InChI is InChI=1S/C22H25FN4O6/c1-14(28)24-11-17-13-27(22(31)33-17)15-2-4-19(18(23)10-15)26-8-6-25(7-9-26)12-16-3-5-20(32-16)21(29)30/h2-5,10,17H,6-9,11-13H2,1H3,(H,24,28)(H,29,30)/t17-/m0/s1. The molecule has 33 heavy (non-hydrogen) atoms. The smallest absolute Gasteiger partial charge is 0.414 e. The Labute approximate surface area is 189 Å². The van der Waals surface area contributed by atoms with Gasteiger partial charge < -0.3 is 24.5 Å². The van der Waals surface area contributed by atoms with Gasteiger partial charge in [0.15, 0.2) is 0 Å². The Bertz CT molecular complexity index is 1050. The van der Waals surface area contributed by atoms with Crippen molar-refractivity contribution in [2.24, 2.45) is 0 Å². The van der Waals surface area contributed by atoms with Crippen LogP contribution in [0.25, 0.3) is 0 Å². The topological polar surface area (TPSA) is 116 Å². The number of carbonyl (C=O) groups excluding carboxylic acids is 2. The van der Waals surface area contributed by atoms with E-state index in [9.17, 15) is 18.8 Å². The van der Waals surface area contributed by atoms with Crippen LogP contribution in [0.4, 0.5) is 20.6 Å². The molecule has 11 heteroatoms. The molecular weight excluding hydrogens is 435 g/mol. The number of nitrogens with zero attached hydrogens (tertiary/aromatic N) is 3. The number of furan rings is 1. The van der Waals surface area contributed by atoms with E-state index in [4.69, 9.17) is 14.3 Å². The average Bonchev–Trinajstić information content (AvgIpc) is 3.39. The highest BCUT2D eigenvalue weighted by Gasteiger charge is 2.33. The molecule has 1 aromatic carbocycles. The molecule has 0 bridgehead atoms. The van der Waals surface area contributed by atoms with E-state index in [1.54, 1.807) is 18.2 Å². The molecule has 2 aromatic rings. The first-order valence-electron chi connectivity index (χ1n) is 10.6. The SMILES string of the molecule is CC(=O)NC[C@H]1CN(c2ccc(N3CCN(Cc4ccc(C(=O)O)o4)CC3)c(F)c2)C(=O)O1. The van der Waals surface area contributed by atoms with Crippen LogP contribution in [0.3, 0.4) is 0 Å². The molecule has 0 spiro atoms. The summed E-state index contributed by atoms with van der Waals surface area (Å²) in [5.74, 6) is -1.26. The monoisotopic (exact) mass is 460 g/mol. The number of carbonyl (C=O) groups is 3. The Hall–Kier alpha value is -3.60. The van der Waals surface area contributed by atoms with E-state index in [0.29, 0.717) is 49.9 Å². The van der Waals surface area contributed by atoms with Crippen molar-refractivity contribution in [3.63, 3.8) is 0 Å². The van der Waals surface area contributed by atoms with Crippen LogP contribution in [0, 0.1) is 5.82 Å². The number of nitrogens with one attached hydrogen (secondary N) is 1. The Morgan fingerprint density at radius 3 is 2.58 bits per heavy atom. The molecule has 2 saturated heterocycles. The number of aromatic carboxylic acids is 1. The van der Waals surface area contributed by atoms with Gasteiger partial charge in [-0.15, -0.1) is 0 Å². The maximum absolute atomic E-state index is 14.9. The van der Waals surface area contributed by atoms with E-state index in [1.165, 1.54) is 24.0 Å². The van der Waals surface area contributed by atoms with E-state index < -0.39 is 24.0 Å². The summed E-state index contributed by atoms with van der Waals surface area (Å²) in [6, 6.07) is 7.74. The predicted molar refractivity (Wildman–Crippen MR) is 116 cm³/mol. The van der Waals surface area contributed by atoms with Crippen molar-refractivity contribution in [1.82, 2.24) is 10.2 Å². The molecule has 10 nitrogen and oxygen atoms in total. The van der Waals surface area contributed by atoms with Gasteiger partial charge in [0.05, 0.1) is 31.0 Å². The zero-order chi connectivity index (χ0) is 23.5. The quantitative estimate of drug-likeness (QED) is 0.644. The van der Waals surface area contributed by atoms with Crippen LogP contribution in [0.1, 0.15) is 23.2 Å². The van der Waals surface area contributed by atoms with E-state index in [-0.39, 0.29) is 24.8 Å². The van der Waals surface area contributed by atoms with Crippen LogP contribution >= 0.6 is 0 Å². The van der Waals surface area contributed by atoms with Crippen molar-refractivity contribution in [2.45, 2.75) is 19.6 Å². The number of halogens is 1. The number of rotatable bonds is 7. The molecular formula is C22H25FN4O6. The molecule has 2 fully saturated rings. The Kier molecular flexibility index (Phi) is 6.50. The highest BCUT2D eigenvalue weighted by Crippen LogP contribution is 2.28. The van der Waals surface area contributed by atoms with Crippen molar-refractivity contribution in [1.29, 1.82) is 0 Å². The molecule has 3 heterocycles. The number of hydrogen-bond acceptors (Lipinski definition) is 7. The van der Waals surface area contributed by atoms with Crippen molar-refractivity contribution < 1.29 is 33.0 Å². The van der Waals surface area contributed by atoms with Gasteiger partial charge in [-0.25, -0.2) is 14.0 Å². The van der Waals surface area contributed by atoms with Gasteiger partial charge in [-0.2, -0.15) is 0 Å². The van der Waals surface area contributed by atoms with E-state index >= 15 is 0 Å². The summed E-state index contributed by atoms with van der Waals surface area (Å²) in [5.41, 5.74) is 0.851. The highest BCUT2D eigenvalue weighted by molar-refractivity contribution is 5.90. The van der Waals surface area contributed by atoms with E-state index in [2.05, 4.69) is 10.2 Å². The minimum atomic E-state index is -1.10. The predicted octanol–water partition coefficient (Wildman–Crippen LogP) is 1.90. The summed E-state index contributed by atoms with van der Waals surface area (Å²) in [4.78, 5) is 39.6. The molecule has 176 valence electrons. The molecule has 2 amide bonds. The third-order valence-electron chi connectivity index (χ3n) is 5.66. The van der Waals surface area contributed by atoms with Crippen molar-refractivity contribution in [3.05, 3.63) is 47.7 Å². The van der Waals surface area contributed by atoms with Crippen LogP contribution in [-0.4, -0.2) is 73.3 Å². The zero-order valence-corrected chi connectivity index (χ0v) is 18.1. The number of anilines is 2. The first-order chi connectivity index (χ1) is 15.8. The average molecular weight is 460 g/mol. The molecule has 0 saturated carbocycles. The van der Waals surface area contributed by atoms with Gasteiger partial charge in [-0.1, -0.05) is 0 Å². The van der Waals surface area contributed by atoms with Crippen molar-refractivity contribution in [3.8, 4) is 0 Å². The Morgan fingerprint density at radius 1 is 1.18 bits per heavy atom. The second-order valence-electron chi connectivity index (χ2n) is 8.02. The van der Waals surface area contributed by atoms with Crippen LogP contribution in [0.5, 0.6) is 0 Å². The largest absolute Gasteiger partial charge is 0.475 e. The number of carboxylic acids is 1. The number of carboxylic acid groups (broad SMARTS) is 1. The molecule has 2 aliphatic heterocycles. The molecule has 2 aliphatic rings. The first-order valence-corrected chi connectivity index (χ1v) is 10.6. The summed E-state index contributed by atoms with van der Waals surface area (Å²) in [6.45, 7) is 4.81. The van der Waals surface area contributed by atoms with Crippen LogP contribution in [-0.2, 0) is 16.1 Å². The molecule has 0 radical (unpaired) electrons. The summed E-state index contributed by atoms with van der Waals surface area (Å²) in [7, 11) is 0. The van der Waals surface area contributed by atoms with Gasteiger partial charge in [-0.05, 0) is 30.3 Å². The van der Waals surface area contributed by atoms with Gasteiger partial charge in [0.2, 0.25) is 11.7 Å². The lowest BCUT2D eigenvalue weighted by Crippen LogP contribution is -2.46. The van der Waals surface area contributed by atoms with Crippen molar-refractivity contribution in [2.75, 3.05) is 49.1 Å². The Balaban J connectivity index is 1.33. The van der Waals surface area contributed by atoms with E-state index in [0.717, 1.165) is 0 Å².